The summed E-state index contributed by atoms with van der Waals surface area (Å²) in [5, 5.41) is 13.4. The van der Waals surface area contributed by atoms with Gasteiger partial charge in [0.2, 0.25) is 0 Å². The van der Waals surface area contributed by atoms with Crippen molar-refractivity contribution in [2.24, 2.45) is 0 Å². The van der Waals surface area contributed by atoms with Gasteiger partial charge in [-0.15, -0.1) is 0 Å². The van der Waals surface area contributed by atoms with Crippen LogP contribution in [0.2, 0.25) is 0 Å². The third kappa shape index (κ3) is 10.0. The second kappa shape index (κ2) is 16.0. The number of likely N-dealkylation sites (N-methyl/N-ethyl adjacent to an activating group) is 1. The number of aliphatic hydroxyl groups excluding tert-OH is 1. The molecule has 4 N–H and O–H groups in total. The number of nitrogens with zero attached hydrogens (tertiary/aromatic N) is 1. The number of aliphatic hydroxyl groups is 1. The van der Waals surface area contributed by atoms with E-state index in [9.17, 15) is 23.1 Å². The number of hydrazine groups is 1. The van der Waals surface area contributed by atoms with E-state index in [0.29, 0.717) is 18.7 Å². The Bertz CT molecular complexity index is 919. The Morgan fingerprint density at radius 2 is 1.67 bits per heavy atom. The van der Waals surface area contributed by atoms with Gasteiger partial charge in [-0.25, -0.2) is 5.43 Å². The van der Waals surface area contributed by atoms with E-state index in [2.05, 4.69) is 16.2 Å². The summed E-state index contributed by atoms with van der Waals surface area (Å²) in [5.74, 6) is -0.267. The fourth-order valence-electron chi connectivity index (χ4n) is 3.40. The molecule has 2 unspecified atom stereocenters. The van der Waals surface area contributed by atoms with E-state index in [1.165, 1.54) is 4.90 Å². The van der Waals surface area contributed by atoms with Crippen LogP contribution in [0.5, 0.6) is 0 Å². The molecule has 0 aliphatic carbocycles. The van der Waals surface area contributed by atoms with Crippen LogP contribution in [0, 0.1) is 0 Å². The number of hydrogen-bond donors (Lipinski definition) is 4. The summed E-state index contributed by atoms with van der Waals surface area (Å²) in [5.41, 5.74) is 6.14. The highest BCUT2D eigenvalue weighted by molar-refractivity contribution is 5.94. The topological polar surface area (TPSA) is 76.6 Å². The predicted octanol–water partition coefficient (Wildman–Crippen LogP) is 4.60. The van der Waals surface area contributed by atoms with Gasteiger partial charge in [0.15, 0.2) is 0 Å². The maximum absolute atomic E-state index is 12.7. The van der Waals surface area contributed by atoms with Crippen molar-refractivity contribution in [2.45, 2.75) is 52.4 Å². The number of benzene rings is 2. The van der Waals surface area contributed by atoms with Gasteiger partial charge < -0.3 is 20.7 Å². The van der Waals surface area contributed by atoms with E-state index < -0.39 is 24.0 Å². The lowest BCUT2D eigenvalue weighted by atomic mass is 10.1. The lowest BCUT2D eigenvalue weighted by Crippen LogP contribution is -2.42. The fraction of sp³-hybridized carbons (Fsp3) is 0.444. The molecule has 1 amide bonds. The van der Waals surface area contributed by atoms with Gasteiger partial charge >= 0.3 is 6.18 Å². The van der Waals surface area contributed by atoms with E-state index >= 15 is 0 Å². The molecular weight excluding hydrogens is 469 g/mol. The number of amides is 1. The third-order valence-electron chi connectivity index (χ3n) is 5.20. The first-order chi connectivity index (χ1) is 17.2. The second-order valence-electron chi connectivity index (χ2n) is 7.72. The van der Waals surface area contributed by atoms with Crippen molar-refractivity contribution in [3.8, 4) is 0 Å². The highest BCUT2D eigenvalue weighted by Gasteiger charge is 2.37. The van der Waals surface area contributed by atoms with Crippen molar-refractivity contribution in [3.05, 3.63) is 83.1 Å². The fourth-order valence-corrected chi connectivity index (χ4v) is 3.40. The summed E-state index contributed by atoms with van der Waals surface area (Å²) in [7, 11) is 1.55. The SMILES string of the molecule is CC.CC.CN(CC1C=C(C(F)(F)F)NN1)C(=O)c1ccc(CCNCC(O)c2ccccc2)cc1. The molecule has 200 valence electrons. The zero-order valence-electron chi connectivity index (χ0n) is 21.7. The van der Waals surface area contributed by atoms with E-state index in [1.807, 2.05) is 70.2 Å². The molecule has 36 heavy (non-hydrogen) atoms. The smallest absolute Gasteiger partial charge is 0.387 e. The molecule has 0 bridgehead atoms. The minimum atomic E-state index is -4.45. The summed E-state index contributed by atoms with van der Waals surface area (Å²) in [6, 6.07) is 15.9. The molecule has 1 heterocycles. The van der Waals surface area contributed by atoms with Gasteiger partial charge in [0, 0.05) is 25.7 Å². The number of rotatable bonds is 9. The van der Waals surface area contributed by atoms with Crippen LogP contribution in [0.3, 0.4) is 0 Å². The van der Waals surface area contributed by atoms with E-state index in [4.69, 9.17) is 0 Å². The molecule has 0 saturated carbocycles. The Morgan fingerprint density at radius 3 is 2.22 bits per heavy atom. The first-order valence-corrected chi connectivity index (χ1v) is 12.3. The lowest BCUT2D eigenvalue weighted by Gasteiger charge is -2.20. The van der Waals surface area contributed by atoms with Gasteiger partial charge in [-0.2, -0.15) is 13.2 Å². The lowest BCUT2D eigenvalue weighted by molar-refractivity contribution is -0.0965. The highest BCUT2D eigenvalue weighted by atomic mass is 19.4. The molecule has 6 nitrogen and oxygen atoms in total. The molecule has 2 atom stereocenters. The Kier molecular flexibility index (Phi) is 13.8. The maximum Gasteiger partial charge on any atom is 0.431 e. The first kappa shape index (κ1) is 31.2. The van der Waals surface area contributed by atoms with Crippen LogP contribution < -0.4 is 16.2 Å². The van der Waals surface area contributed by atoms with Crippen LogP contribution in [-0.4, -0.2) is 54.8 Å². The molecule has 2 aromatic rings. The molecular formula is C27H39F3N4O2. The zero-order chi connectivity index (χ0) is 27.1. The van der Waals surface area contributed by atoms with Crippen molar-refractivity contribution in [3.63, 3.8) is 0 Å². The monoisotopic (exact) mass is 508 g/mol. The molecule has 0 spiro atoms. The Morgan fingerprint density at radius 1 is 1.06 bits per heavy atom. The molecule has 9 heteroatoms. The van der Waals surface area contributed by atoms with Crippen molar-refractivity contribution in [2.75, 3.05) is 26.7 Å². The zero-order valence-corrected chi connectivity index (χ0v) is 21.7. The number of carbonyl (C=O) groups excluding carboxylic acids is 1. The summed E-state index contributed by atoms with van der Waals surface area (Å²) < 4.78 is 38.1. The quantitative estimate of drug-likeness (QED) is 0.373. The van der Waals surface area contributed by atoms with Crippen LogP contribution in [0.15, 0.2) is 66.4 Å². The van der Waals surface area contributed by atoms with Crippen LogP contribution in [0.1, 0.15) is 55.3 Å². The van der Waals surface area contributed by atoms with Gasteiger partial charge in [-0.1, -0.05) is 70.2 Å². The summed E-state index contributed by atoms with van der Waals surface area (Å²) in [6.07, 6.45) is -3.25. The molecule has 1 aliphatic heterocycles. The molecule has 3 rings (SSSR count). The average Bonchev–Trinajstić information content (AvgIpc) is 3.38. The average molecular weight is 509 g/mol. The Hall–Kier alpha value is -2.88. The number of alkyl halides is 3. The highest BCUT2D eigenvalue weighted by Crippen LogP contribution is 2.25. The number of hydrogen-bond acceptors (Lipinski definition) is 5. The first-order valence-electron chi connectivity index (χ1n) is 12.3. The van der Waals surface area contributed by atoms with Crippen molar-refractivity contribution >= 4 is 5.91 Å². The molecule has 2 aromatic carbocycles. The number of halogens is 3. The van der Waals surface area contributed by atoms with Crippen LogP contribution in [0.4, 0.5) is 13.2 Å². The van der Waals surface area contributed by atoms with Gasteiger partial charge in [-0.3, -0.25) is 4.79 Å². The summed E-state index contributed by atoms with van der Waals surface area (Å²) in [4.78, 5) is 14.0. The molecule has 1 aliphatic rings. The number of carbonyl (C=O) groups is 1. The second-order valence-corrected chi connectivity index (χ2v) is 7.72. The summed E-state index contributed by atoms with van der Waals surface area (Å²) in [6.45, 7) is 9.21. The Labute approximate surface area is 212 Å². The minimum Gasteiger partial charge on any atom is -0.387 e. The minimum absolute atomic E-state index is 0.0980. The molecule has 0 fully saturated rings. The number of nitrogens with one attached hydrogen (secondary N) is 3. The normalized spacial score (nSPS) is 15.4. The Balaban J connectivity index is 0.00000154. The standard InChI is InChI=1S/C23H27F3N4O2.2C2H6/c1-30(15-19-13-21(29-28-19)23(24,25)26)22(32)18-9-7-16(8-10-18)11-12-27-14-20(31)17-5-3-2-4-6-17;2*1-2/h2-10,13,19-20,27-29,31H,11-12,14-15H2,1H3;2*1-2H3. The van der Waals surface area contributed by atoms with Crippen LogP contribution in [0.25, 0.3) is 0 Å². The maximum atomic E-state index is 12.7. The van der Waals surface area contributed by atoms with Crippen molar-refractivity contribution < 1.29 is 23.1 Å². The van der Waals surface area contributed by atoms with Gasteiger partial charge in [0.05, 0.1) is 12.1 Å². The predicted molar refractivity (Wildman–Crippen MR) is 138 cm³/mol. The van der Waals surface area contributed by atoms with E-state index in [1.54, 1.807) is 19.2 Å². The van der Waals surface area contributed by atoms with E-state index in [0.717, 1.165) is 23.6 Å². The van der Waals surface area contributed by atoms with Crippen molar-refractivity contribution in [1.29, 1.82) is 0 Å². The largest absolute Gasteiger partial charge is 0.431 e. The molecule has 0 aromatic heterocycles. The summed E-state index contributed by atoms with van der Waals surface area (Å²) >= 11 is 0. The van der Waals surface area contributed by atoms with Crippen LogP contribution in [-0.2, 0) is 6.42 Å². The molecule has 0 radical (unpaired) electrons. The van der Waals surface area contributed by atoms with Crippen LogP contribution >= 0.6 is 0 Å². The molecule has 0 saturated heterocycles. The number of allylic oxidation sites excluding steroid dienone is 1. The van der Waals surface area contributed by atoms with Gasteiger partial charge in [0.25, 0.3) is 5.91 Å². The van der Waals surface area contributed by atoms with Gasteiger partial charge in [-0.05, 0) is 42.3 Å². The van der Waals surface area contributed by atoms with Gasteiger partial charge in [0.1, 0.15) is 5.70 Å². The third-order valence-corrected chi connectivity index (χ3v) is 5.20. The van der Waals surface area contributed by atoms with E-state index in [-0.39, 0.29) is 12.5 Å². The van der Waals surface area contributed by atoms with Crippen molar-refractivity contribution in [1.82, 2.24) is 21.1 Å².